The van der Waals surface area contributed by atoms with Crippen molar-refractivity contribution in [3.8, 4) is 5.75 Å². The zero-order valence-corrected chi connectivity index (χ0v) is 24.6. The van der Waals surface area contributed by atoms with Gasteiger partial charge in [0.25, 0.3) is 5.56 Å². The van der Waals surface area contributed by atoms with E-state index in [-0.39, 0.29) is 29.5 Å². The average molecular weight is 693 g/mol. The molecule has 0 amide bonds. The molecular formula is C26H21Br3N4O4. The highest BCUT2D eigenvalue weighted by molar-refractivity contribution is 9.11. The minimum absolute atomic E-state index is 0.0477. The molecule has 3 aromatic carbocycles. The lowest BCUT2D eigenvalue weighted by Gasteiger charge is -2.14. The minimum atomic E-state index is -0.505. The molecule has 0 bridgehead atoms. The fourth-order valence-electron chi connectivity index (χ4n) is 3.63. The molecule has 8 nitrogen and oxygen atoms in total. The Morgan fingerprint density at radius 1 is 1.14 bits per heavy atom. The lowest BCUT2D eigenvalue weighted by Crippen LogP contribution is -2.23. The van der Waals surface area contributed by atoms with Crippen LogP contribution in [0.5, 0.6) is 5.75 Å². The molecule has 0 spiro atoms. The minimum Gasteiger partial charge on any atom is -0.481 e. The Kier molecular flexibility index (Phi) is 8.56. The quantitative estimate of drug-likeness (QED) is 0.108. The van der Waals surface area contributed by atoms with Crippen molar-refractivity contribution in [3.63, 3.8) is 0 Å². The molecule has 4 rings (SSSR count). The number of nitro benzene ring substituents is 1. The van der Waals surface area contributed by atoms with Crippen LogP contribution in [0.15, 0.2) is 77.9 Å². The molecule has 0 aliphatic rings. The van der Waals surface area contributed by atoms with Crippen molar-refractivity contribution in [1.29, 1.82) is 0 Å². The van der Waals surface area contributed by atoms with Crippen LogP contribution in [0.2, 0.25) is 0 Å². The highest BCUT2D eigenvalue weighted by atomic mass is 79.9. The van der Waals surface area contributed by atoms with Crippen LogP contribution in [0.4, 0.5) is 5.69 Å². The molecule has 190 valence electrons. The summed E-state index contributed by atoms with van der Waals surface area (Å²) in [4.78, 5) is 29.4. The van der Waals surface area contributed by atoms with Gasteiger partial charge < -0.3 is 4.74 Å². The highest BCUT2D eigenvalue weighted by Gasteiger charge is 2.20. The fraction of sp³-hybridized carbons (Fsp3) is 0.192. The van der Waals surface area contributed by atoms with Crippen molar-refractivity contribution in [1.82, 2.24) is 9.66 Å². The summed E-state index contributed by atoms with van der Waals surface area (Å²) < 4.78 is 9.65. The van der Waals surface area contributed by atoms with E-state index >= 15 is 0 Å². The third-order valence-corrected chi connectivity index (χ3v) is 7.53. The molecule has 1 heterocycles. The summed E-state index contributed by atoms with van der Waals surface area (Å²) in [5.74, 6) is 0.513. The number of ether oxygens (including phenoxy) is 1. The van der Waals surface area contributed by atoms with Crippen LogP contribution >= 0.6 is 47.8 Å². The predicted molar refractivity (Wildman–Crippen MR) is 155 cm³/mol. The maximum atomic E-state index is 13.4. The van der Waals surface area contributed by atoms with E-state index in [9.17, 15) is 14.9 Å². The summed E-state index contributed by atoms with van der Waals surface area (Å²) in [6.07, 6.45) is 2.15. The average Bonchev–Trinajstić information content (AvgIpc) is 2.87. The predicted octanol–water partition coefficient (Wildman–Crippen LogP) is 7.57. The molecule has 0 unspecified atom stereocenters. The Labute approximate surface area is 237 Å². The van der Waals surface area contributed by atoms with Crippen LogP contribution in [-0.4, -0.2) is 20.8 Å². The molecule has 0 saturated heterocycles. The number of nitro groups is 1. The largest absolute Gasteiger partial charge is 0.481 e. The van der Waals surface area contributed by atoms with Gasteiger partial charge in [-0.25, -0.2) is 4.98 Å². The number of rotatable bonds is 8. The maximum Gasteiger partial charge on any atom is 0.311 e. The van der Waals surface area contributed by atoms with Crippen molar-refractivity contribution in [2.24, 2.45) is 5.10 Å². The number of benzene rings is 3. The van der Waals surface area contributed by atoms with Crippen molar-refractivity contribution in [2.75, 3.05) is 0 Å². The first kappa shape index (κ1) is 27.2. The van der Waals surface area contributed by atoms with Gasteiger partial charge in [-0.05, 0) is 42.8 Å². The van der Waals surface area contributed by atoms with Gasteiger partial charge in [0, 0.05) is 36.5 Å². The van der Waals surface area contributed by atoms with E-state index in [4.69, 9.17) is 9.72 Å². The van der Waals surface area contributed by atoms with E-state index in [2.05, 4.69) is 52.9 Å². The molecule has 1 atom stereocenters. The van der Waals surface area contributed by atoms with Crippen LogP contribution < -0.4 is 10.3 Å². The molecule has 0 aliphatic carbocycles. The highest BCUT2D eigenvalue weighted by Crippen LogP contribution is 2.32. The van der Waals surface area contributed by atoms with Gasteiger partial charge in [0.2, 0.25) is 5.75 Å². The topological polar surface area (TPSA) is 99.6 Å². The third-order valence-electron chi connectivity index (χ3n) is 5.81. The van der Waals surface area contributed by atoms with Crippen LogP contribution in [0.3, 0.4) is 0 Å². The number of halogens is 3. The Hall–Kier alpha value is -2.89. The number of nitrogens with zero attached hydrogens (tertiary/aromatic N) is 4. The molecule has 0 N–H and O–H groups in total. The lowest BCUT2D eigenvalue weighted by atomic mass is 10.1. The van der Waals surface area contributed by atoms with Crippen LogP contribution in [0, 0.1) is 10.1 Å². The summed E-state index contributed by atoms with van der Waals surface area (Å²) >= 11 is 10.3. The van der Waals surface area contributed by atoms with Gasteiger partial charge in [0.1, 0.15) is 12.4 Å². The van der Waals surface area contributed by atoms with Gasteiger partial charge in [-0.3, -0.25) is 14.9 Å². The molecule has 1 aromatic heterocycles. The molecule has 4 aromatic rings. The van der Waals surface area contributed by atoms with Gasteiger partial charge in [0.15, 0.2) is 0 Å². The van der Waals surface area contributed by atoms with Gasteiger partial charge in [-0.2, -0.15) is 9.78 Å². The summed E-state index contributed by atoms with van der Waals surface area (Å²) in [5, 5.41) is 16.6. The normalized spacial score (nSPS) is 12.2. The first-order chi connectivity index (χ1) is 17.7. The van der Waals surface area contributed by atoms with Crippen LogP contribution in [-0.2, 0) is 6.61 Å². The van der Waals surface area contributed by atoms with Crippen molar-refractivity contribution in [2.45, 2.75) is 32.8 Å². The molecule has 37 heavy (non-hydrogen) atoms. The van der Waals surface area contributed by atoms with E-state index in [0.717, 1.165) is 25.4 Å². The third kappa shape index (κ3) is 6.00. The van der Waals surface area contributed by atoms with Crippen LogP contribution in [0.1, 0.15) is 43.1 Å². The van der Waals surface area contributed by atoms with Crippen molar-refractivity contribution in [3.05, 3.63) is 105 Å². The summed E-state index contributed by atoms with van der Waals surface area (Å²) in [6.45, 7) is 4.06. The Morgan fingerprint density at radius 3 is 2.57 bits per heavy atom. The number of para-hydroxylation sites is 1. The summed E-state index contributed by atoms with van der Waals surface area (Å²) in [5.41, 5.74) is 1.22. The first-order valence-corrected chi connectivity index (χ1v) is 13.7. The number of fused-ring (bicyclic) bond motifs is 1. The number of hydrogen-bond acceptors (Lipinski definition) is 6. The lowest BCUT2D eigenvalue weighted by molar-refractivity contribution is -0.386. The van der Waals surface area contributed by atoms with Gasteiger partial charge in [-0.15, -0.1) is 0 Å². The Morgan fingerprint density at radius 2 is 1.86 bits per heavy atom. The van der Waals surface area contributed by atoms with Gasteiger partial charge in [-0.1, -0.05) is 73.8 Å². The first-order valence-electron chi connectivity index (χ1n) is 11.3. The molecule has 11 heteroatoms. The second-order valence-electron chi connectivity index (χ2n) is 8.28. The zero-order chi connectivity index (χ0) is 26.7. The van der Waals surface area contributed by atoms with E-state index < -0.39 is 4.92 Å². The second-order valence-corrected chi connectivity index (χ2v) is 11.0. The van der Waals surface area contributed by atoms with E-state index in [1.54, 1.807) is 24.3 Å². The smallest absolute Gasteiger partial charge is 0.311 e. The maximum absolute atomic E-state index is 13.4. The van der Waals surface area contributed by atoms with E-state index in [0.29, 0.717) is 22.3 Å². The summed E-state index contributed by atoms with van der Waals surface area (Å²) in [7, 11) is 0. The zero-order valence-electron chi connectivity index (χ0n) is 19.8. The van der Waals surface area contributed by atoms with E-state index in [1.165, 1.54) is 17.0 Å². The summed E-state index contributed by atoms with van der Waals surface area (Å²) in [6, 6.07) is 15.5. The Bertz CT molecular complexity index is 1590. The van der Waals surface area contributed by atoms with Crippen LogP contribution in [0.25, 0.3) is 10.9 Å². The molecule has 0 saturated carbocycles. The molecule has 0 radical (unpaired) electrons. The van der Waals surface area contributed by atoms with E-state index in [1.807, 2.05) is 38.1 Å². The monoisotopic (exact) mass is 690 g/mol. The molecular weight excluding hydrogens is 672 g/mol. The van der Waals surface area contributed by atoms with Crippen molar-refractivity contribution < 1.29 is 9.66 Å². The fourth-order valence-corrected chi connectivity index (χ4v) is 5.16. The number of aromatic nitrogens is 2. The molecule has 0 fully saturated rings. The Balaban J connectivity index is 1.80. The molecule has 0 aliphatic heterocycles. The SMILES string of the molecule is CC[C@H](C)c1nc2ccc(Br)cc2c(=O)n1N=Cc1cccc([N+](=O)[O-])c1OCc1ccc(Br)cc1Br. The number of hydrogen-bond donors (Lipinski definition) is 0. The van der Waals surface area contributed by atoms with Gasteiger partial charge in [0.05, 0.1) is 22.0 Å². The standard InChI is InChI=1S/C26H21Br3N4O4/c1-3-15(2)25-31-22-10-9-18(27)11-20(22)26(34)32(25)30-13-16-5-4-6-23(33(35)36)24(16)37-14-17-7-8-19(28)12-21(17)29/h4-13,15H,3,14H2,1-2H3/t15-/m0/s1. The van der Waals surface area contributed by atoms with Gasteiger partial charge >= 0.3 is 5.69 Å². The second kappa shape index (κ2) is 11.7. The van der Waals surface area contributed by atoms with Crippen molar-refractivity contribution >= 4 is 70.6 Å².